The van der Waals surface area contributed by atoms with Gasteiger partial charge in [0.05, 0.1) is 6.54 Å². The Morgan fingerprint density at radius 3 is 2.38 bits per heavy atom. The molecular weight excluding hydrogens is 268 g/mol. The van der Waals surface area contributed by atoms with Crippen molar-refractivity contribution in [2.24, 2.45) is 5.41 Å². The van der Waals surface area contributed by atoms with Crippen molar-refractivity contribution in [2.45, 2.75) is 33.7 Å². The summed E-state index contributed by atoms with van der Waals surface area (Å²) in [6.45, 7) is 7.86. The van der Waals surface area contributed by atoms with E-state index in [2.05, 4.69) is 10.6 Å². The number of carbonyl (C=O) groups is 2. The summed E-state index contributed by atoms with van der Waals surface area (Å²) < 4.78 is 5.47. The quantitative estimate of drug-likeness (QED) is 0.785. The highest BCUT2D eigenvalue weighted by Gasteiger charge is 2.24. The predicted molar refractivity (Wildman–Crippen MR) is 82.0 cm³/mol. The van der Waals surface area contributed by atoms with Crippen molar-refractivity contribution in [3.05, 3.63) is 30.3 Å². The summed E-state index contributed by atoms with van der Waals surface area (Å²) in [6, 6.07) is 8.83. The van der Waals surface area contributed by atoms with Crippen molar-refractivity contribution in [1.82, 2.24) is 10.6 Å². The van der Waals surface area contributed by atoms with E-state index in [1.165, 1.54) is 0 Å². The fourth-order valence-electron chi connectivity index (χ4n) is 1.49. The SMILES string of the molecule is CC(NC(=O)C(C)(C)C)C(=O)NCCOc1ccccc1. The van der Waals surface area contributed by atoms with Gasteiger partial charge in [-0.05, 0) is 19.1 Å². The van der Waals surface area contributed by atoms with Gasteiger partial charge in [0.2, 0.25) is 11.8 Å². The summed E-state index contributed by atoms with van der Waals surface area (Å²) in [4.78, 5) is 23.6. The highest BCUT2D eigenvalue weighted by atomic mass is 16.5. The van der Waals surface area contributed by atoms with Crippen LogP contribution in [-0.2, 0) is 9.59 Å². The summed E-state index contributed by atoms with van der Waals surface area (Å²) in [7, 11) is 0. The van der Waals surface area contributed by atoms with E-state index in [1.807, 2.05) is 30.3 Å². The molecule has 5 heteroatoms. The maximum Gasteiger partial charge on any atom is 0.242 e. The van der Waals surface area contributed by atoms with Gasteiger partial charge in [-0.2, -0.15) is 0 Å². The molecule has 0 bridgehead atoms. The Morgan fingerprint density at radius 2 is 1.81 bits per heavy atom. The van der Waals surface area contributed by atoms with Crippen molar-refractivity contribution >= 4 is 11.8 Å². The van der Waals surface area contributed by atoms with Crippen LogP contribution in [0.5, 0.6) is 5.75 Å². The number of para-hydroxylation sites is 1. The van der Waals surface area contributed by atoms with Crippen molar-refractivity contribution in [3.8, 4) is 5.75 Å². The molecule has 0 saturated heterocycles. The van der Waals surface area contributed by atoms with Gasteiger partial charge in [-0.3, -0.25) is 9.59 Å². The average Bonchev–Trinajstić information content (AvgIpc) is 2.43. The average molecular weight is 292 g/mol. The summed E-state index contributed by atoms with van der Waals surface area (Å²) in [5.74, 6) is 0.399. The molecule has 0 aromatic heterocycles. The Bertz CT molecular complexity index is 466. The fraction of sp³-hybridized carbons (Fsp3) is 0.500. The van der Waals surface area contributed by atoms with Gasteiger partial charge >= 0.3 is 0 Å². The molecule has 0 saturated carbocycles. The maximum absolute atomic E-state index is 11.8. The third-order valence-corrected chi connectivity index (χ3v) is 2.84. The summed E-state index contributed by atoms with van der Waals surface area (Å²) in [5.41, 5.74) is -0.509. The molecule has 0 spiro atoms. The third-order valence-electron chi connectivity index (χ3n) is 2.84. The first-order valence-electron chi connectivity index (χ1n) is 7.07. The number of rotatable bonds is 6. The van der Waals surface area contributed by atoms with Crippen LogP contribution in [0.15, 0.2) is 30.3 Å². The van der Waals surface area contributed by atoms with Gasteiger partial charge in [0.15, 0.2) is 0 Å². The first-order chi connectivity index (χ1) is 9.80. The van der Waals surface area contributed by atoms with Crippen LogP contribution in [0.25, 0.3) is 0 Å². The normalized spacial score (nSPS) is 12.4. The van der Waals surface area contributed by atoms with Gasteiger partial charge in [-0.25, -0.2) is 0 Å². The second kappa shape index (κ2) is 7.67. The molecule has 2 N–H and O–H groups in total. The number of hydrogen-bond donors (Lipinski definition) is 2. The van der Waals surface area contributed by atoms with Crippen LogP contribution in [0.2, 0.25) is 0 Å². The van der Waals surface area contributed by atoms with Crippen molar-refractivity contribution in [3.63, 3.8) is 0 Å². The molecule has 0 aliphatic rings. The topological polar surface area (TPSA) is 67.4 Å². The standard InChI is InChI=1S/C16H24N2O3/c1-12(18-15(20)16(2,3)4)14(19)17-10-11-21-13-8-6-5-7-9-13/h5-9,12H,10-11H2,1-4H3,(H,17,19)(H,18,20). The molecule has 116 valence electrons. The number of carbonyl (C=O) groups excluding carboxylic acids is 2. The van der Waals surface area contributed by atoms with Gasteiger partial charge in [-0.1, -0.05) is 39.0 Å². The van der Waals surface area contributed by atoms with Gasteiger partial charge in [0, 0.05) is 5.41 Å². The lowest BCUT2D eigenvalue weighted by Crippen LogP contribution is -2.48. The van der Waals surface area contributed by atoms with E-state index in [0.717, 1.165) is 5.75 Å². The van der Waals surface area contributed by atoms with Crippen LogP contribution < -0.4 is 15.4 Å². The molecule has 1 aromatic carbocycles. The van der Waals surface area contributed by atoms with Gasteiger partial charge < -0.3 is 15.4 Å². The fourth-order valence-corrected chi connectivity index (χ4v) is 1.49. The molecule has 0 radical (unpaired) electrons. The van der Waals surface area contributed by atoms with Crippen molar-refractivity contribution in [1.29, 1.82) is 0 Å². The third kappa shape index (κ3) is 6.29. The van der Waals surface area contributed by atoms with E-state index in [4.69, 9.17) is 4.74 Å². The summed E-state index contributed by atoms with van der Waals surface area (Å²) >= 11 is 0. The molecule has 21 heavy (non-hydrogen) atoms. The minimum absolute atomic E-state index is 0.148. The number of hydrogen-bond acceptors (Lipinski definition) is 3. The minimum atomic E-state index is -0.562. The van der Waals surface area contributed by atoms with E-state index in [9.17, 15) is 9.59 Å². The Balaban J connectivity index is 2.26. The lowest BCUT2D eigenvalue weighted by Gasteiger charge is -2.21. The van der Waals surface area contributed by atoms with E-state index < -0.39 is 11.5 Å². The number of benzene rings is 1. The zero-order valence-corrected chi connectivity index (χ0v) is 13.1. The molecule has 1 unspecified atom stereocenters. The van der Waals surface area contributed by atoms with E-state index in [0.29, 0.717) is 13.2 Å². The number of nitrogens with one attached hydrogen (secondary N) is 2. The Hall–Kier alpha value is -2.04. The molecule has 0 heterocycles. The highest BCUT2D eigenvalue weighted by Crippen LogP contribution is 2.12. The van der Waals surface area contributed by atoms with Crippen LogP contribution in [-0.4, -0.2) is 31.0 Å². The smallest absolute Gasteiger partial charge is 0.242 e. The molecule has 1 aromatic rings. The van der Waals surface area contributed by atoms with Crippen LogP contribution in [0, 0.1) is 5.41 Å². The first-order valence-corrected chi connectivity index (χ1v) is 7.07. The first kappa shape index (κ1) is 17.0. The second-order valence-electron chi connectivity index (χ2n) is 5.90. The van der Waals surface area contributed by atoms with Crippen molar-refractivity contribution in [2.75, 3.05) is 13.2 Å². The molecule has 0 aliphatic carbocycles. The number of ether oxygens (including phenoxy) is 1. The molecular formula is C16H24N2O3. The van der Waals surface area contributed by atoms with E-state index >= 15 is 0 Å². The van der Waals surface area contributed by atoms with E-state index in [-0.39, 0.29) is 11.8 Å². The number of amides is 2. The Kier molecular flexibility index (Phi) is 6.21. The lowest BCUT2D eigenvalue weighted by atomic mass is 9.95. The van der Waals surface area contributed by atoms with Crippen LogP contribution in [0.1, 0.15) is 27.7 Å². The Labute approximate surface area is 126 Å². The molecule has 1 rings (SSSR count). The molecule has 0 fully saturated rings. The monoisotopic (exact) mass is 292 g/mol. The zero-order valence-electron chi connectivity index (χ0n) is 13.1. The molecule has 5 nitrogen and oxygen atoms in total. The largest absolute Gasteiger partial charge is 0.492 e. The minimum Gasteiger partial charge on any atom is -0.492 e. The van der Waals surface area contributed by atoms with Crippen LogP contribution in [0.4, 0.5) is 0 Å². The highest BCUT2D eigenvalue weighted by molar-refractivity contribution is 5.89. The summed E-state index contributed by atoms with van der Waals surface area (Å²) in [5, 5.41) is 5.42. The Morgan fingerprint density at radius 1 is 1.19 bits per heavy atom. The van der Waals surface area contributed by atoms with Crippen LogP contribution >= 0.6 is 0 Å². The molecule has 2 amide bonds. The van der Waals surface area contributed by atoms with E-state index in [1.54, 1.807) is 27.7 Å². The zero-order chi connectivity index (χ0) is 15.9. The summed E-state index contributed by atoms with van der Waals surface area (Å²) in [6.07, 6.45) is 0. The van der Waals surface area contributed by atoms with Gasteiger partial charge in [0.1, 0.15) is 18.4 Å². The predicted octanol–water partition coefficient (Wildman–Crippen LogP) is 1.73. The lowest BCUT2D eigenvalue weighted by molar-refractivity contribution is -0.133. The molecule has 0 aliphatic heterocycles. The molecule has 1 atom stereocenters. The van der Waals surface area contributed by atoms with Gasteiger partial charge in [-0.15, -0.1) is 0 Å². The second-order valence-corrected chi connectivity index (χ2v) is 5.90. The van der Waals surface area contributed by atoms with Crippen molar-refractivity contribution < 1.29 is 14.3 Å². The van der Waals surface area contributed by atoms with Gasteiger partial charge in [0.25, 0.3) is 0 Å². The van der Waals surface area contributed by atoms with Crippen LogP contribution in [0.3, 0.4) is 0 Å². The maximum atomic E-state index is 11.8.